The van der Waals surface area contributed by atoms with Crippen LogP contribution in [0.3, 0.4) is 0 Å². The summed E-state index contributed by atoms with van der Waals surface area (Å²) < 4.78 is 22.5. The molecule has 1 N–H and O–H groups in total. The number of hydrogen-bond donors (Lipinski definition) is 1. The molecule has 0 aliphatic carbocycles. The van der Waals surface area contributed by atoms with E-state index in [0.717, 1.165) is 23.8 Å². The molecule has 0 radical (unpaired) electrons. The van der Waals surface area contributed by atoms with E-state index in [2.05, 4.69) is 19.2 Å². The largest absolute Gasteiger partial charge is 0.350 e. The molecule has 0 aliphatic heterocycles. The van der Waals surface area contributed by atoms with Crippen LogP contribution in [-0.2, 0) is 16.4 Å². The SMILES string of the molecule is CCC(C)c1nc(N(C)CCS(C)(=O)=O)sc1CNC. The molecular weight excluding hydrogens is 294 g/mol. The molecule has 0 saturated carbocycles. The van der Waals surface area contributed by atoms with Crippen molar-refractivity contribution in [3.05, 3.63) is 10.6 Å². The number of anilines is 1. The van der Waals surface area contributed by atoms with Crippen LogP contribution in [0.5, 0.6) is 0 Å². The summed E-state index contributed by atoms with van der Waals surface area (Å²) in [4.78, 5) is 7.88. The number of thiazole rings is 1. The van der Waals surface area contributed by atoms with Gasteiger partial charge in [-0.2, -0.15) is 0 Å². The highest BCUT2D eigenvalue weighted by molar-refractivity contribution is 7.90. The Bertz CT molecular complexity index is 526. The first kappa shape index (κ1) is 17.4. The Hall–Kier alpha value is -0.660. The van der Waals surface area contributed by atoms with Crippen LogP contribution in [0.4, 0.5) is 5.13 Å². The second-order valence-corrected chi connectivity index (χ2v) is 8.52. The molecule has 116 valence electrons. The predicted octanol–water partition coefficient (Wildman–Crippen LogP) is 1.86. The Kier molecular flexibility index (Phi) is 6.42. The average Bonchev–Trinajstić information content (AvgIpc) is 2.78. The van der Waals surface area contributed by atoms with Crippen molar-refractivity contribution < 1.29 is 8.42 Å². The second-order valence-electron chi connectivity index (χ2n) is 5.20. The molecule has 1 atom stereocenters. The van der Waals surface area contributed by atoms with Gasteiger partial charge in [0.15, 0.2) is 5.13 Å². The van der Waals surface area contributed by atoms with Crippen LogP contribution < -0.4 is 10.2 Å². The fourth-order valence-electron chi connectivity index (χ4n) is 1.78. The summed E-state index contributed by atoms with van der Waals surface area (Å²) in [5, 5.41) is 4.07. The van der Waals surface area contributed by atoms with Gasteiger partial charge in [0, 0.05) is 31.3 Å². The maximum Gasteiger partial charge on any atom is 0.185 e. The molecule has 20 heavy (non-hydrogen) atoms. The molecule has 0 aliphatic rings. The van der Waals surface area contributed by atoms with E-state index in [1.54, 1.807) is 11.3 Å². The maximum absolute atomic E-state index is 11.2. The highest BCUT2D eigenvalue weighted by Gasteiger charge is 2.18. The van der Waals surface area contributed by atoms with E-state index in [0.29, 0.717) is 12.5 Å². The molecule has 0 fully saturated rings. The summed E-state index contributed by atoms with van der Waals surface area (Å²) in [5.41, 5.74) is 1.13. The lowest BCUT2D eigenvalue weighted by Gasteiger charge is -2.14. The molecule has 1 unspecified atom stereocenters. The second kappa shape index (κ2) is 7.38. The Morgan fingerprint density at radius 2 is 2.10 bits per heavy atom. The summed E-state index contributed by atoms with van der Waals surface area (Å²) in [5.74, 6) is 0.579. The third-order valence-electron chi connectivity index (χ3n) is 3.26. The number of aromatic nitrogens is 1. The van der Waals surface area contributed by atoms with E-state index in [1.165, 1.54) is 11.1 Å². The lowest BCUT2D eigenvalue weighted by Crippen LogP contribution is -2.24. The quantitative estimate of drug-likeness (QED) is 0.792. The van der Waals surface area contributed by atoms with Crippen molar-refractivity contribution in [1.82, 2.24) is 10.3 Å². The zero-order valence-electron chi connectivity index (χ0n) is 12.9. The number of nitrogens with one attached hydrogen (secondary N) is 1. The first-order chi connectivity index (χ1) is 9.28. The minimum Gasteiger partial charge on any atom is -0.350 e. The van der Waals surface area contributed by atoms with Crippen LogP contribution in [0.1, 0.15) is 36.8 Å². The summed E-state index contributed by atoms with van der Waals surface area (Å²) in [6.07, 6.45) is 2.31. The Balaban J connectivity index is 2.89. The van der Waals surface area contributed by atoms with Crippen molar-refractivity contribution in [2.24, 2.45) is 0 Å². The van der Waals surface area contributed by atoms with Crippen molar-refractivity contribution >= 4 is 26.3 Å². The Morgan fingerprint density at radius 3 is 2.60 bits per heavy atom. The zero-order valence-corrected chi connectivity index (χ0v) is 14.6. The van der Waals surface area contributed by atoms with Crippen LogP contribution in [0, 0.1) is 0 Å². The molecule has 7 heteroatoms. The number of hydrogen-bond acceptors (Lipinski definition) is 6. The van der Waals surface area contributed by atoms with E-state index in [4.69, 9.17) is 4.98 Å². The van der Waals surface area contributed by atoms with Crippen molar-refractivity contribution in [1.29, 1.82) is 0 Å². The van der Waals surface area contributed by atoms with Gasteiger partial charge in [-0.05, 0) is 19.4 Å². The van der Waals surface area contributed by atoms with Crippen molar-refractivity contribution in [3.63, 3.8) is 0 Å². The smallest absolute Gasteiger partial charge is 0.185 e. The summed E-state index contributed by atoms with van der Waals surface area (Å²) in [6.45, 7) is 5.61. The third kappa shape index (κ3) is 5.03. The van der Waals surface area contributed by atoms with Crippen LogP contribution in [0.25, 0.3) is 0 Å². The molecular formula is C13H25N3O2S2. The van der Waals surface area contributed by atoms with Gasteiger partial charge in [0.2, 0.25) is 0 Å². The molecule has 1 aromatic rings. The first-order valence-electron chi connectivity index (χ1n) is 6.81. The van der Waals surface area contributed by atoms with Crippen molar-refractivity contribution in [2.45, 2.75) is 32.7 Å². The lowest BCUT2D eigenvalue weighted by molar-refractivity contribution is 0.601. The number of sulfone groups is 1. The van der Waals surface area contributed by atoms with Crippen molar-refractivity contribution in [2.75, 3.05) is 37.5 Å². The standard InChI is InChI=1S/C13H25N3O2S2/c1-6-10(2)12-11(9-14-3)19-13(15-12)16(4)7-8-20(5,17)18/h10,14H,6-9H2,1-5H3. The van der Waals surface area contributed by atoms with Gasteiger partial charge in [-0.25, -0.2) is 13.4 Å². The van der Waals surface area contributed by atoms with Gasteiger partial charge in [-0.1, -0.05) is 13.8 Å². The Morgan fingerprint density at radius 1 is 1.45 bits per heavy atom. The molecule has 1 heterocycles. The van der Waals surface area contributed by atoms with Gasteiger partial charge in [-0.3, -0.25) is 0 Å². The van der Waals surface area contributed by atoms with Gasteiger partial charge in [0.1, 0.15) is 9.84 Å². The third-order valence-corrected chi connectivity index (χ3v) is 5.37. The summed E-state index contributed by atoms with van der Waals surface area (Å²) in [7, 11) is 0.881. The maximum atomic E-state index is 11.2. The number of nitrogens with zero attached hydrogens (tertiary/aromatic N) is 2. The zero-order chi connectivity index (χ0) is 15.3. The van der Waals surface area contributed by atoms with E-state index in [1.807, 2.05) is 19.0 Å². The molecule has 0 spiro atoms. The van der Waals surface area contributed by atoms with Gasteiger partial charge in [-0.15, -0.1) is 11.3 Å². The van der Waals surface area contributed by atoms with E-state index in [-0.39, 0.29) is 5.75 Å². The first-order valence-corrected chi connectivity index (χ1v) is 9.69. The minimum atomic E-state index is -2.94. The topological polar surface area (TPSA) is 62.3 Å². The molecule has 0 saturated heterocycles. The van der Waals surface area contributed by atoms with Crippen LogP contribution in [0.2, 0.25) is 0 Å². The predicted molar refractivity (Wildman–Crippen MR) is 86.6 cm³/mol. The molecule has 1 aromatic heterocycles. The fourth-order valence-corrected chi connectivity index (χ4v) is 3.56. The minimum absolute atomic E-state index is 0.156. The monoisotopic (exact) mass is 319 g/mol. The normalized spacial score (nSPS) is 13.4. The van der Waals surface area contributed by atoms with E-state index in [9.17, 15) is 8.42 Å². The van der Waals surface area contributed by atoms with Gasteiger partial charge >= 0.3 is 0 Å². The van der Waals surface area contributed by atoms with Crippen LogP contribution >= 0.6 is 11.3 Å². The van der Waals surface area contributed by atoms with Crippen LogP contribution in [0.15, 0.2) is 0 Å². The fraction of sp³-hybridized carbons (Fsp3) is 0.769. The molecule has 0 amide bonds. The molecule has 0 bridgehead atoms. The van der Waals surface area contributed by atoms with Crippen molar-refractivity contribution in [3.8, 4) is 0 Å². The van der Waals surface area contributed by atoms with Crippen LogP contribution in [-0.4, -0.2) is 46.1 Å². The number of rotatable bonds is 8. The lowest BCUT2D eigenvalue weighted by atomic mass is 10.0. The molecule has 0 aromatic carbocycles. The Labute approximate surface area is 126 Å². The van der Waals surface area contributed by atoms with E-state index < -0.39 is 9.84 Å². The van der Waals surface area contributed by atoms with Gasteiger partial charge < -0.3 is 10.2 Å². The van der Waals surface area contributed by atoms with Gasteiger partial charge in [0.25, 0.3) is 0 Å². The average molecular weight is 319 g/mol. The van der Waals surface area contributed by atoms with Gasteiger partial charge in [0.05, 0.1) is 11.4 Å². The summed E-state index contributed by atoms with van der Waals surface area (Å²) in [6, 6.07) is 0. The summed E-state index contributed by atoms with van der Waals surface area (Å²) >= 11 is 1.64. The molecule has 5 nitrogen and oxygen atoms in total. The highest BCUT2D eigenvalue weighted by Crippen LogP contribution is 2.31. The van der Waals surface area contributed by atoms with E-state index >= 15 is 0 Å². The highest BCUT2D eigenvalue weighted by atomic mass is 32.2. The molecule has 1 rings (SSSR count).